The zero-order valence-electron chi connectivity index (χ0n) is 9.13. The molecule has 1 rings (SSSR count). The fraction of sp³-hybridized carbons (Fsp3) is 0.417. The van der Waals surface area contributed by atoms with Crippen molar-refractivity contribution in [1.29, 1.82) is 5.26 Å². The minimum Gasteiger partial charge on any atom is -0.372 e. The predicted molar refractivity (Wildman–Crippen MR) is 64.3 cm³/mol. The van der Waals surface area contributed by atoms with Crippen molar-refractivity contribution >= 4 is 17.3 Å². The Morgan fingerprint density at radius 2 is 2.13 bits per heavy atom. The molecule has 0 amide bonds. The van der Waals surface area contributed by atoms with Gasteiger partial charge in [0, 0.05) is 18.8 Å². The molecule has 0 heterocycles. The van der Waals surface area contributed by atoms with Crippen molar-refractivity contribution in [3.63, 3.8) is 0 Å². The average Bonchev–Trinajstić information content (AvgIpc) is 2.25. The lowest BCUT2D eigenvalue weighted by atomic mass is 10.2. The molecule has 80 valence electrons. The maximum atomic E-state index is 8.76. The fourth-order valence-corrected chi connectivity index (χ4v) is 1.75. The highest BCUT2D eigenvalue weighted by molar-refractivity contribution is 6.32. The van der Waals surface area contributed by atoms with Crippen LogP contribution in [-0.2, 0) is 0 Å². The molecule has 0 aliphatic heterocycles. The van der Waals surface area contributed by atoms with Gasteiger partial charge in [-0.1, -0.05) is 18.5 Å². The van der Waals surface area contributed by atoms with Crippen LogP contribution in [0.25, 0.3) is 0 Å². The SMILES string of the molecule is CCCN(CC)c1ccc(C#N)c(Cl)c1. The molecule has 3 heteroatoms. The van der Waals surface area contributed by atoms with Gasteiger partial charge in [0.1, 0.15) is 6.07 Å². The second-order valence-electron chi connectivity index (χ2n) is 3.36. The molecule has 0 saturated heterocycles. The maximum absolute atomic E-state index is 8.76. The Morgan fingerprint density at radius 3 is 2.60 bits per heavy atom. The first kappa shape index (κ1) is 11.9. The summed E-state index contributed by atoms with van der Waals surface area (Å²) in [5.74, 6) is 0. The van der Waals surface area contributed by atoms with Crippen molar-refractivity contribution in [1.82, 2.24) is 0 Å². The monoisotopic (exact) mass is 222 g/mol. The van der Waals surface area contributed by atoms with Gasteiger partial charge >= 0.3 is 0 Å². The number of hydrogen-bond acceptors (Lipinski definition) is 2. The van der Waals surface area contributed by atoms with Gasteiger partial charge in [-0.3, -0.25) is 0 Å². The van der Waals surface area contributed by atoms with E-state index in [9.17, 15) is 0 Å². The fourth-order valence-electron chi connectivity index (χ4n) is 1.53. The van der Waals surface area contributed by atoms with E-state index in [1.54, 1.807) is 6.07 Å². The summed E-state index contributed by atoms with van der Waals surface area (Å²) in [5.41, 5.74) is 1.62. The molecule has 0 spiro atoms. The Bertz CT molecular complexity index is 368. The summed E-state index contributed by atoms with van der Waals surface area (Å²) in [5, 5.41) is 9.29. The lowest BCUT2D eigenvalue weighted by Crippen LogP contribution is -2.23. The molecule has 15 heavy (non-hydrogen) atoms. The van der Waals surface area contributed by atoms with Gasteiger partial charge in [-0.2, -0.15) is 5.26 Å². The highest BCUT2D eigenvalue weighted by atomic mass is 35.5. The molecular formula is C12H15ClN2. The standard InChI is InChI=1S/C12H15ClN2/c1-3-7-15(4-2)11-6-5-10(9-14)12(13)8-11/h5-6,8H,3-4,7H2,1-2H3. The van der Waals surface area contributed by atoms with Crippen molar-refractivity contribution in [2.75, 3.05) is 18.0 Å². The van der Waals surface area contributed by atoms with Crippen molar-refractivity contribution in [3.8, 4) is 6.07 Å². The third-order valence-corrected chi connectivity index (χ3v) is 2.63. The van der Waals surface area contributed by atoms with E-state index in [1.807, 2.05) is 12.1 Å². The number of benzene rings is 1. The summed E-state index contributed by atoms with van der Waals surface area (Å²) in [6.45, 7) is 6.23. The van der Waals surface area contributed by atoms with Crippen LogP contribution in [0.2, 0.25) is 5.02 Å². The topological polar surface area (TPSA) is 27.0 Å². The average molecular weight is 223 g/mol. The number of halogens is 1. The molecule has 0 atom stereocenters. The Morgan fingerprint density at radius 1 is 1.40 bits per heavy atom. The van der Waals surface area contributed by atoms with Crippen molar-refractivity contribution in [2.45, 2.75) is 20.3 Å². The number of nitriles is 1. The van der Waals surface area contributed by atoms with E-state index in [1.165, 1.54) is 0 Å². The van der Waals surface area contributed by atoms with Crippen molar-refractivity contribution in [3.05, 3.63) is 28.8 Å². The van der Waals surface area contributed by atoms with Crippen LogP contribution in [0.1, 0.15) is 25.8 Å². The number of rotatable bonds is 4. The van der Waals surface area contributed by atoms with E-state index in [2.05, 4.69) is 24.8 Å². The van der Waals surface area contributed by atoms with E-state index < -0.39 is 0 Å². The normalized spacial score (nSPS) is 9.73. The summed E-state index contributed by atoms with van der Waals surface area (Å²) in [6, 6.07) is 7.64. The van der Waals surface area contributed by atoms with E-state index in [0.717, 1.165) is 25.2 Å². The molecule has 1 aromatic carbocycles. The third-order valence-electron chi connectivity index (χ3n) is 2.31. The lowest BCUT2D eigenvalue weighted by molar-refractivity contribution is 0.792. The van der Waals surface area contributed by atoms with Gasteiger partial charge in [-0.25, -0.2) is 0 Å². The summed E-state index contributed by atoms with van der Waals surface area (Å²) in [6.07, 6.45) is 1.10. The summed E-state index contributed by atoms with van der Waals surface area (Å²) < 4.78 is 0. The minimum atomic E-state index is 0.532. The lowest BCUT2D eigenvalue weighted by Gasteiger charge is -2.22. The smallest absolute Gasteiger partial charge is 0.101 e. The van der Waals surface area contributed by atoms with Gasteiger partial charge < -0.3 is 4.90 Å². The number of anilines is 1. The van der Waals surface area contributed by atoms with E-state index >= 15 is 0 Å². The van der Waals surface area contributed by atoms with Crippen LogP contribution >= 0.6 is 11.6 Å². The molecule has 0 fully saturated rings. The van der Waals surface area contributed by atoms with E-state index in [0.29, 0.717) is 10.6 Å². The van der Waals surface area contributed by atoms with Crippen LogP contribution in [0.5, 0.6) is 0 Å². The van der Waals surface area contributed by atoms with Gasteiger partial charge in [0.05, 0.1) is 10.6 Å². The molecule has 0 aliphatic rings. The molecular weight excluding hydrogens is 208 g/mol. The molecule has 0 radical (unpaired) electrons. The molecule has 0 unspecified atom stereocenters. The largest absolute Gasteiger partial charge is 0.372 e. The first-order valence-electron chi connectivity index (χ1n) is 5.17. The van der Waals surface area contributed by atoms with Crippen LogP contribution < -0.4 is 4.90 Å². The quantitative estimate of drug-likeness (QED) is 0.780. The molecule has 1 aromatic rings. The highest BCUT2D eigenvalue weighted by Gasteiger charge is 2.06. The Balaban J connectivity index is 2.95. The van der Waals surface area contributed by atoms with Crippen molar-refractivity contribution in [2.24, 2.45) is 0 Å². The van der Waals surface area contributed by atoms with Crippen LogP contribution in [0, 0.1) is 11.3 Å². The number of hydrogen-bond donors (Lipinski definition) is 0. The second-order valence-corrected chi connectivity index (χ2v) is 3.76. The van der Waals surface area contributed by atoms with Crippen LogP contribution in [0.3, 0.4) is 0 Å². The van der Waals surface area contributed by atoms with Crippen molar-refractivity contribution < 1.29 is 0 Å². The van der Waals surface area contributed by atoms with E-state index in [-0.39, 0.29) is 0 Å². The number of nitrogens with zero attached hydrogens (tertiary/aromatic N) is 2. The first-order chi connectivity index (χ1) is 7.22. The zero-order valence-corrected chi connectivity index (χ0v) is 9.88. The first-order valence-corrected chi connectivity index (χ1v) is 5.55. The van der Waals surface area contributed by atoms with Gasteiger partial charge in [-0.05, 0) is 31.5 Å². The molecule has 0 aliphatic carbocycles. The highest BCUT2D eigenvalue weighted by Crippen LogP contribution is 2.23. The third kappa shape index (κ3) is 2.87. The van der Waals surface area contributed by atoms with Crippen LogP contribution in [0.15, 0.2) is 18.2 Å². The second kappa shape index (κ2) is 5.63. The maximum Gasteiger partial charge on any atom is 0.101 e. The van der Waals surface area contributed by atoms with Crippen LogP contribution in [0.4, 0.5) is 5.69 Å². The molecule has 0 bridgehead atoms. The van der Waals surface area contributed by atoms with Gasteiger partial charge in [-0.15, -0.1) is 0 Å². The Labute approximate surface area is 96.1 Å². The van der Waals surface area contributed by atoms with Gasteiger partial charge in [0.2, 0.25) is 0 Å². The predicted octanol–water partition coefficient (Wildman–Crippen LogP) is 3.45. The summed E-state index contributed by atoms with van der Waals surface area (Å²) in [4.78, 5) is 2.24. The molecule has 2 nitrogen and oxygen atoms in total. The van der Waals surface area contributed by atoms with E-state index in [4.69, 9.17) is 16.9 Å². The summed E-state index contributed by atoms with van der Waals surface area (Å²) in [7, 11) is 0. The Kier molecular flexibility index (Phi) is 4.45. The minimum absolute atomic E-state index is 0.532. The summed E-state index contributed by atoms with van der Waals surface area (Å²) >= 11 is 5.98. The molecule has 0 aromatic heterocycles. The van der Waals surface area contributed by atoms with Gasteiger partial charge in [0.25, 0.3) is 0 Å². The van der Waals surface area contributed by atoms with Crippen LogP contribution in [-0.4, -0.2) is 13.1 Å². The zero-order chi connectivity index (χ0) is 11.3. The molecule has 0 N–H and O–H groups in total. The molecule has 0 saturated carbocycles. The van der Waals surface area contributed by atoms with Gasteiger partial charge in [0.15, 0.2) is 0 Å². The Hall–Kier alpha value is -1.20.